The molecule has 3 heterocycles. The van der Waals surface area contributed by atoms with E-state index in [0.717, 1.165) is 22.4 Å². The number of benzene rings is 2. The lowest BCUT2D eigenvalue weighted by Gasteiger charge is -2.27. The zero-order chi connectivity index (χ0) is 21.2. The molecular formula is C24H26N4O3. The normalized spacial score (nSPS) is 19.4. The maximum atomic E-state index is 13.0. The van der Waals surface area contributed by atoms with Crippen molar-refractivity contribution in [3.05, 3.63) is 66.0 Å². The van der Waals surface area contributed by atoms with E-state index in [4.69, 9.17) is 9.72 Å². The number of rotatable bonds is 5. The minimum atomic E-state index is -0.0268. The van der Waals surface area contributed by atoms with Crippen LogP contribution in [0.2, 0.25) is 0 Å². The van der Waals surface area contributed by atoms with Crippen LogP contribution in [0.1, 0.15) is 23.7 Å². The fraction of sp³-hybridized carbons (Fsp3) is 0.375. The minimum absolute atomic E-state index is 0.0268. The maximum absolute atomic E-state index is 13.0. The van der Waals surface area contributed by atoms with Gasteiger partial charge in [-0.1, -0.05) is 42.5 Å². The second kappa shape index (κ2) is 8.51. The van der Waals surface area contributed by atoms with Gasteiger partial charge in [-0.3, -0.25) is 9.59 Å². The third kappa shape index (κ3) is 4.05. The van der Waals surface area contributed by atoms with E-state index in [1.54, 1.807) is 0 Å². The summed E-state index contributed by atoms with van der Waals surface area (Å²) in [6.45, 7) is 3.84. The predicted octanol–water partition coefficient (Wildman–Crippen LogP) is 2.41. The van der Waals surface area contributed by atoms with Crippen LogP contribution < -0.4 is 0 Å². The van der Waals surface area contributed by atoms with Crippen molar-refractivity contribution >= 4 is 22.8 Å². The van der Waals surface area contributed by atoms with Crippen molar-refractivity contribution < 1.29 is 14.3 Å². The summed E-state index contributed by atoms with van der Waals surface area (Å²) in [5, 5.41) is 0. The molecule has 0 saturated carbocycles. The van der Waals surface area contributed by atoms with Crippen LogP contribution in [0.4, 0.5) is 0 Å². The molecule has 5 rings (SSSR count). The van der Waals surface area contributed by atoms with Crippen LogP contribution in [-0.4, -0.2) is 64.0 Å². The highest BCUT2D eigenvalue weighted by molar-refractivity contribution is 5.83. The van der Waals surface area contributed by atoms with Gasteiger partial charge in [0.15, 0.2) is 0 Å². The Kier molecular flexibility index (Phi) is 5.42. The number of carbonyl (C=O) groups excluding carboxylic acids is 2. The average molecular weight is 418 g/mol. The molecule has 2 fully saturated rings. The number of fused-ring (bicyclic) bond motifs is 1. The first-order chi connectivity index (χ1) is 15.2. The number of morpholine rings is 1. The van der Waals surface area contributed by atoms with Crippen LogP contribution in [-0.2, 0) is 27.4 Å². The number of hydrogen-bond acceptors (Lipinski definition) is 4. The zero-order valence-electron chi connectivity index (χ0n) is 17.4. The van der Waals surface area contributed by atoms with Gasteiger partial charge in [0, 0.05) is 38.5 Å². The topological polar surface area (TPSA) is 67.7 Å². The van der Waals surface area contributed by atoms with Crippen molar-refractivity contribution in [1.82, 2.24) is 19.4 Å². The number of hydrogen-bond donors (Lipinski definition) is 0. The molecule has 2 saturated heterocycles. The van der Waals surface area contributed by atoms with Gasteiger partial charge < -0.3 is 19.1 Å². The van der Waals surface area contributed by atoms with Gasteiger partial charge in [0.1, 0.15) is 12.4 Å². The average Bonchev–Trinajstić information content (AvgIpc) is 3.35. The summed E-state index contributed by atoms with van der Waals surface area (Å²) in [5.74, 6) is 0.998. The number of likely N-dealkylation sites (tertiary alicyclic amines) is 1. The van der Waals surface area contributed by atoms with E-state index in [0.29, 0.717) is 45.8 Å². The van der Waals surface area contributed by atoms with E-state index in [9.17, 15) is 9.59 Å². The Morgan fingerprint density at radius 1 is 1.03 bits per heavy atom. The SMILES string of the molecule is O=C(Cn1c(C2CC(=O)N(Cc3ccccc3)C2)nc2ccccc21)N1CCOCC1. The standard InChI is InChI=1S/C24H26N4O3/c29-22-14-19(16-27(22)15-18-6-2-1-3-7-18)24-25-20-8-4-5-9-21(20)28(24)17-23(30)26-10-12-31-13-11-26/h1-9,19H,10-17H2. The zero-order valence-corrected chi connectivity index (χ0v) is 17.4. The van der Waals surface area contributed by atoms with Gasteiger partial charge in [-0.2, -0.15) is 0 Å². The van der Waals surface area contributed by atoms with Crippen LogP contribution in [0.5, 0.6) is 0 Å². The minimum Gasteiger partial charge on any atom is -0.378 e. The van der Waals surface area contributed by atoms with Gasteiger partial charge in [0.05, 0.1) is 24.2 Å². The molecule has 7 heteroatoms. The van der Waals surface area contributed by atoms with Crippen molar-refractivity contribution in [3.63, 3.8) is 0 Å². The summed E-state index contributed by atoms with van der Waals surface area (Å²) in [5.41, 5.74) is 2.92. The van der Waals surface area contributed by atoms with Crippen molar-refractivity contribution in [2.24, 2.45) is 0 Å². The van der Waals surface area contributed by atoms with Crippen molar-refractivity contribution in [2.45, 2.75) is 25.4 Å². The quantitative estimate of drug-likeness (QED) is 0.638. The molecule has 2 aromatic carbocycles. The first-order valence-corrected chi connectivity index (χ1v) is 10.8. The molecule has 1 aromatic heterocycles. The fourth-order valence-electron chi connectivity index (χ4n) is 4.52. The van der Waals surface area contributed by atoms with Gasteiger partial charge in [0.2, 0.25) is 11.8 Å². The molecule has 0 radical (unpaired) electrons. The number of ether oxygens (including phenoxy) is 1. The summed E-state index contributed by atoms with van der Waals surface area (Å²) in [6, 6.07) is 17.9. The van der Waals surface area contributed by atoms with Crippen LogP contribution >= 0.6 is 0 Å². The maximum Gasteiger partial charge on any atom is 0.242 e. The smallest absolute Gasteiger partial charge is 0.242 e. The molecule has 2 aliphatic heterocycles. The van der Waals surface area contributed by atoms with E-state index in [1.165, 1.54) is 0 Å². The van der Waals surface area contributed by atoms with E-state index >= 15 is 0 Å². The molecule has 0 bridgehead atoms. The van der Waals surface area contributed by atoms with Crippen LogP contribution in [0, 0.1) is 0 Å². The molecular weight excluding hydrogens is 392 g/mol. The Hall–Kier alpha value is -3.19. The number of nitrogens with zero attached hydrogens (tertiary/aromatic N) is 4. The lowest BCUT2D eigenvalue weighted by Crippen LogP contribution is -2.42. The first-order valence-electron chi connectivity index (χ1n) is 10.8. The highest BCUT2D eigenvalue weighted by atomic mass is 16.5. The molecule has 0 N–H and O–H groups in total. The second-order valence-electron chi connectivity index (χ2n) is 8.20. The Labute approximate surface area is 181 Å². The molecule has 0 spiro atoms. The first kappa shape index (κ1) is 19.8. The van der Waals surface area contributed by atoms with Crippen LogP contribution in [0.15, 0.2) is 54.6 Å². The molecule has 1 unspecified atom stereocenters. The lowest BCUT2D eigenvalue weighted by atomic mass is 10.1. The Morgan fingerprint density at radius 2 is 1.77 bits per heavy atom. The number of amides is 2. The summed E-state index contributed by atoms with van der Waals surface area (Å²) in [4.78, 5) is 34.4. The molecule has 31 heavy (non-hydrogen) atoms. The number of aromatic nitrogens is 2. The number of carbonyl (C=O) groups is 2. The third-order valence-corrected chi connectivity index (χ3v) is 6.14. The molecule has 1 atom stereocenters. The fourth-order valence-corrected chi connectivity index (χ4v) is 4.52. The molecule has 3 aromatic rings. The van der Waals surface area contributed by atoms with Crippen molar-refractivity contribution in [1.29, 1.82) is 0 Å². The summed E-state index contributed by atoms with van der Waals surface area (Å²) in [7, 11) is 0. The Morgan fingerprint density at radius 3 is 2.58 bits per heavy atom. The van der Waals surface area contributed by atoms with Crippen molar-refractivity contribution in [2.75, 3.05) is 32.8 Å². The number of imidazole rings is 1. The summed E-state index contributed by atoms with van der Waals surface area (Å²) in [6.07, 6.45) is 0.419. The molecule has 2 amide bonds. The van der Waals surface area contributed by atoms with E-state index < -0.39 is 0 Å². The monoisotopic (exact) mass is 418 g/mol. The van der Waals surface area contributed by atoms with Crippen LogP contribution in [0.3, 0.4) is 0 Å². The predicted molar refractivity (Wildman–Crippen MR) is 116 cm³/mol. The summed E-state index contributed by atoms with van der Waals surface area (Å²) >= 11 is 0. The van der Waals surface area contributed by atoms with E-state index in [1.807, 2.05) is 69.0 Å². The Balaban J connectivity index is 1.41. The van der Waals surface area contributed by atoms with Crippen LogP contribution in [0.25, 0.3) is 11.0 Å². The van der Waals surface area contributed by atoms with Gasteiger partial charge in [0.25, 0.3) is 0 Å². The molecule has 7 nitrogen and oxygen atoms in total. The highest BCUT2D eigenvalue weighted by Crippen LogP contribution is 2.31. The molecule has 0 aliphatic carbocycles. The van der Waals surface area contributed by atoms with Gasteiger partial charge in [-0.25, -0.2) is 4.98 Å². The van der Waals surface area contributed by atoms with Gasteiger partial charge >= 0.3 is 0 Å². The lowest BCUT2D eigenvalue weighted by molar-refractivity contribution is -0.135. The van der Waals surface area contributed by atoms with Crippen molar-refractivity contribution in [3.8, 4) is 0 Å². The Bertz CT molecular complexity index is 1090. The van der Waals surface area contributed by atoms with Gasteiger partial charge in [-0.05, 0) is 17.7 Å². The van der Waals surface area contributed by atoms with E-state index in [2.05, 4.69) is 0 Å². The van der Waals surface area contributed by atoms with Gasteiger partial charge in [-0.15, -0.1) is 0 Å². The second-order valence-corrected chi connectivity index (χ2v) is 8.20. The number of para-hydroxylation sites is 2. The summed E-state index contributed by atoms with van der Waals surface area (Å²) < 4.78 is 7.39. The van der Waals surface area contributed by atoms with E-state index in [-0.39, 0.29) is 24.3 Å². The third-order valence-electron chi connectivity index (χ3n) is 6.14. The molecule has 2 aliphatic rings. The molecule has 160 valence electrons. The highest BCUT2D eigenvalue weighted by Gasteiger charge is 2.34. The largest absolute Gasteiger partial charge is 0.378 e.